The molecule has 2 aromatic carbocycles. The zero-order chi connectivity index (χ0) is 17.4. The monoisotopic (exact) mass is 370 g/mol. The third kappa shape index (κ3) is 5.56. The minimum Gasteiger partial charge on any atom is -0.379 e. The number of ether oxygens (including phenoxy) is 1. The molecule has 0 atom stereocenters. The highest BCUT2D eigenvalue weighted by atomic mass is 35.5. The maximum Gasteiger partial charge on any atom is 0.294 e. The van der Waals surface area contributed by atoms with E-state index in [1.165, 1.54) is 0 Å². The van der Waals surface area contributed by atoms with Crippen molar-refractivity contribution in [2.24, 2.45) is 0 Å². The second-order valence-corrected chi connectivity index (χ2v) is 5.61. The maximum absolute atomic E-state index is 10.0. The van der Waals surface area contributed by atoms with E-state index in [0.29, 0.717) is 28.8 Å². The van der Waals surface area contributed by atoms with Crippen molar-refractivity contribution in [3.05, 3.63) is 68.2 Å². The van der Waals surface area contributed by atoms with Gasteiger partial charge in [-0.2, -0.15) is 0 Å². The molecule has 0 saturated heterocycles. The highest BCUT2D eigenvalue weighted by Crippen LogP contribution is 2.33. The van der Waals surface area contributed by atoms with Gasteiger partial charge in [-0.05, 0) is 30.2 Å². The molecule has 1 N–H and O–H groups in total. The molecule has 24 heavy (non-hydrogen) atoms. The van der Waals surface area contributed by atoms with Crippen LogP contribution in [0.4, 0.5) is 11.4 Å². The lowest BCUT2D eigenvalue weighted by atomic mass is 10.1. The van der Waals surface area contributed by atoms with Crippen LogP contribution in [0.3, 0.4) is 0 Å². The molecule has 0 radical (unpaired) electrons. The molecule has 0 aliphatic carbocycles. The van der Waals surface area contributed by atoms with Crippen LogP contribution < -0.4 is 5.32 Å². The Hall–Kier alpha value is -2.02. The number of para-hydroxylation sites is 2. The molecular weight excluding hydrogens is 355 g/mol. The Labute approximate surface area is 149 Å². The first-order valence-corrected chi connectivity index (χ1v) is 7.97. The van der Waals surface area contributed by atoms with E-state index >= 15 is 0 Å². The minimum atomic E-state index is -0.837. The highest BCUT2D eigenvalue weighted by Gasteiger charge is 2.08. The van der Waals surface area contributed by atoms with E-state index in [2.05, 4.69) is 10.2 Å². The molecule has 2 rings (SSSR count). The summed E-state index contributed by atoms with van der Waals surface area (Å²) in [5.74, 6) is 0. The fraction of sp³-hybridized carbons (Fsp3) is 0.250. The van der Waals surface area contributed by atoms with E-state index in [-0.39, 0.29) is 13.2 Å². The molecule has 0 bridgehead atoms. The number of nitrogens with zero attached hydrogens (tertiary/aromatic N) is 1. The normalized spacial score (nSPS) is 10.4. The summed E-state index contributed by atoms with van der Waals surface area (Å²) in [5.41, 5.74) is 2.54. The van der Waals surface area contributed by atoms with Gasteiger partial charge in [-0.3, -0.25) is 0 Å². The molecule has 0 amide bonds. The Morgan fingerprint density at radius 2 is 1.71 bits per heavy atom. The summed E-state index contributed by atoms with van der Waals surface area (Å²) in [6.45, 7) is 0.491. The van der Waals surface area contributed by atoms with Crippen molar-refractivity contribution in [2.75, 3.05) is 25.1 Å². The molecule has 128 valence electrons. The van der Waals surface area contributed by atoms with E-state index in [1.807, 2.05) is 24.3 Å². The number of nitrogens with one attached hydrogen (secondary N) is 1. The zero-order valence-electron chi connectivity index (χ0n) is 12.7. The van der Waals surface area contributed by atoms with Gasteiger partial charge in [-0.25, -0.2) is 0 Å². The number of halogens is 2. The summed E-state index contributed by atoms with van der Waals surface area (Å²) in [6, 6.07) is 13.0. The summed E-state index contributed by atoms with van der Waals surface area (Å²) in [4.78, 5) is 14.2. The van der Waals surface area contributed by atoms with Crippen molar-refractivity contribution >= 4 is 34.6 Å². The van der Waals surface area contributed by atoms with Crippen LogP contribution in [-0.4, -0.2) is 24.9 Å². The Kier molecular flexibility index (Phi) is 7.11. The molecule has 0 unspecified atom stereocenters. The minimum absolute atomic E-state index is 0.0812. The van der Waals surface area contributed by atoms with Crippen molar-refractivity contribution in [2.45, 2.75) is 6.42 Å². The van der Waals surface area contributed by atoms with Crippen LogP contribution in [0.2, 0.25) is 10.0 Å². The summed E-state index contributed by atoms with van der Waals surface area (Å²) in [5, 5.41) is 13.5. The van der Waals surface area contributed by atoms with Gasteiger partial charge in [0.1, 0.15) is 6.61 Å². The number of anilines is 2. The van der Waals surface area contributed by atoms with Crippen molar-refractivity contribution in [3.63, 3.8) is 0 Å². The van der Waals surface area contributed by atoms with Crippen LogP contribution in [0.1, 0.15) is 5.56 Å². The quantitative estimate of drug-likeness (QED) is 0.399. The van der Waals surface area contributed by atoms with Gasteiger partial charge in [0.2, 0.25) is 0 Å². The standard InChI is InChI=1S/C16H16Cl2N2O4/c17-13-5-3-6-14(18)16(13)19-15-7-2-1-4-12(15)8-9-23-10-11-24-20(21)22/h1-7,19H,8-11H2. The van der Waals surface area contributed by atoms with Crippen LogP contribution in [0.5, 0.6) is 0 Å². The molecule has 0 saturated carbocycles. The Morgan fingerprint density at radius 1 is 1.00 bits per heavy atom. The first-order valence-electron chi connectivity index (χ1n) is 7.22. The molecule has 2 aromatic rings. The van der Waals surface area contributed by atoms with E-state index in [4.69, 9.17) is 27.9 Å². The third-order valence-corrected chi connectivity index (χ3v) is 3.81. The Morgan fingerprint density at radius 3 is 2.42 bits per heavy atom. The van der Waals surface area contributed by atoms with E-state index < -0.39 is 5.09 Å². The molecule has 0 heterocycles. The zero-order valence-corrected chi connectivity index (χ0v) is 14.2. The van der Waals surface area contributed by atoms with Crippen LogP contribution in [0.25, 0.3) is 0 Å². The average Bonchev–Trinajstić information content (AvgIpc) is 2.55. The number of hydrogen-bond acceptors (Lipinski definition) is 5. The van der Waals surface area contributed by atoms with Crippen molar-refractivity contribution in [1.29, 1.82) is 0 Å². The van der Waals surface area contributed by atoms with E-state index in [9.17, 15) is 10.1 Å². The van der Waals surface area contributed by atoms with Gasteiger partial charge in [0.05, 0.1) is 28.9 Å². The SMILES string of the molecule is O=[N+]([O-])OCCOCCc1ccccc1Nc1c(Cl)cccc1Cl. The van der Waals surface area contributed by atoms with Crippen molar-refractivity contribution in [1.82, 2.24) is 0 Å². The fourth-order valence-electron chi connectivity index (χ4n) is 2.07. The summed E-state index contributed by atoms with van der Waals surface area (Å²) in [7, 11) is 0. The summed E-state index contributed by atoms with van der Waals surface area (Å²) in [6.07, 6.45) is 0.629. The molecule has 0 aliphatic rings. The lowest BCUT2D eigenvalue weighted by Crippen LogP contribution is -2.10. The smallest absolute Gasteiger partial charge is 0.294 e. The van der Waals surface area contributed by atoms with Crippen molar-refractivity contribution < 1.29 is 14.7 Å². The van der Waals surface area contributed by atoms with Crippen LogP contribution in [0, 0.1) is 10.1 Å². The molecule has 0 aliphatic heterocycles. The largest absolute Gasteiger partial charge is 0.379 e. The second-order valence-electron chi connectivity index (χ2n) is 4.80. The molecule has 0 aromatic heterocycles. The lowest BCUT2D eigenvalue weighted by Gasteiger charge is -2.14. The Balaban J connectivity index is 1.94. The van der Waals surface area contributed by atoms with Gasteiger partial charge >= 0.3 is 0 Å². The van der Waals surface area contributed by atoms with Gasteiger partial charge in [-0.1, -0.05) is 47.5 Å². The maximum atomic E-state index is 10.0. The van der Waals surface area contributed by atoms with E-state index in [0.717, 1.165) is 11.3 Å². The van der Waals surface area contributed by atoms with Crippen LogP contribution in [-0.2, 0) is 16.0 Å². The van der Waals surface area contributed by atoms with Gasteiger partial charge in [0.15, 0.2) is 0 Å². The third-order valence-electron chi connectivity index (χ3n) is 3.18. The predicted octanol–water partition coefficient (Wildman–Crippen LogP) is 4.50. The predicted molar refractivity (Wildman–Crippen MR) is 93.7 cm³/mol. The van der Waals surface area contributed by atoms with Gasteiger partial charge in [-0.15, -0.1) is 10.1 Å². The number of rotatable bonds is 9. The lowest BCUT2D eigenvalue weighted by molar-refractivity contribution is -0.758. The molecule has 0 fully saturated rings. The molecule has 6 nitrogen and oxygen atoms in total. The summed E-state index contributed by atoms with van der Waals surface area (Å²) >= 11 is 12.4. The fourth-order valence-corrected chi connectivity index (χ4v) is 2.56. The molecule has 0 spiro atoms. The molecular formula is C16H16Cl2N2O4. The average molecular weight is 371 g/mol. The van der Waals surface area contributed by atoms with Crippen LogP contribution in [0.15, 0.2) is 42.5 Å². The highest BCUT2D eigenvalue weighted by molar-refractivity contribution is 6.39. The first kappa shape index (κ1) is 18.3. The van der Waals surface area contributed by atoms with E-state index in [1.54, 1.807) is 18.2 Å². The Bertz CT molecular complexity index is 677. The van der Waals surface area contributed by atoms with Crippen molar-refractivity contribution in [3.8, 4) is 0 Å². The van der Waals surface area contributed by atoms with Crippen LogP contribution >= 0.6 is 23.2 Å². The van der Waals surface area contributed by atoms with Gasteiger partial charge in [0.25, 0.3) is 5.09 Å². The van der Waals surface area contributed by atoms with Gasteiger partial charge in [0, 0.05) is 5.69 Å². The number of benzene rings is 2. The number of hydrogen-bond donors (Lipinski definition) is 1. The van der Waals surface area contributed by atoms with Gasteiger partial charge < -0.3 is 14.9 Å². The first-order chi connectivity index (χ1) is 11.6. The topological polar surface area (TPSA) is 73.6 Å². The summed E-state index contributed by atoms with van der Waals surface area (Å²) < 4.78 is 5.33. The molecule has 8 heteroatoms. The second kappa shape index (κ2) is 9.32.